The van der Waals surface area contributed by atoms with E-state index in [1.54, 1.807) is 11.8 Å². The van der Waals surface area contributed by atoms with E-state index in [0.29, 0.717) is 11.5 Å². The molecule has 0 aliphatic heterocycles. The molecule has 0 rings (SSSR count). The third kappa shape index (κ3) is 5.90. The smallest absolute Gasteiger partial charge is 0.142 e. The van der Waals surface area contributed by atoms with Crippen LogP contribution in [0.5, 0.6) is 0 Å². The van der Waals surface area contributed by atoms with Gasteiger partial charge in [0.2, 0.25) is 0 Å². The van der Waals surface area contributed by atoms with Crippen molar-refractivity contribution in [2.24, 2.45) is 0 Å². The number of Topliss-reactive ketones (excluding diaryl/α,β-unsaturated/α-hetero) is 1. The predicted molar refractivity (Wildman–Crippen MR) is 42.9 cm³/mol. The molecular weight excluding hydrogens is 132 g/mol. The summed E-state index contributed by atoms with van der Waals surface area (Å²) in [4.78, 5) is 10.8. The quantitative estimate of drug-likeness (QED) is 0.591. The first-order chi connectivity index (χ1) is 4.31. The summed E-state index contributed by atoms with van der Waals surface area (Å²) in [5.74, 6) is 1.09. The Balaban J connectivity index is 3.06. The molecule has 0 aliphatic rings. The molecule has 1 nitrogen and oxygen atoms in total. The van der Waals surface area contributed by atoms with Gasteiger partial charge in [0.05, 0.1) is 5.75 Å². The fraction of sp³-hybridized carbons (Fsp3) is 0.857. The van der Waals surface area contributed by atoms with E-state index in [1.165, 1.54) is 0 Å². The lowest BCUT2D eigenvalue weighted by Gasteiger charge is -1.93. The molecule has 0 amide bonds. The van der Waals surface area contributed by atoms with Crippen molar-refractivity contribution in [3.8, 4) is 0 Å². The molecule has 0 fully saturated rings. The summed E-state index contributed by atoms with van der Waals surface area (Å²) in [5, 5.41) is 0. The van der Waals surface area contributed by atoms with Crippen LogP contribution in [0, 0.1) is 0 Å². The highest BCUT2D eigenvalue weighted by molar-refractivity contribution is 7.99. The molecule has 0 saturated carbocycles. The number of thioether (sulfide) groups is 1. The molecule has 0 radical (unpaired) electrons. The number of hydrogen-bond acceptors (Lipinski definition) is 2. The Morgan fingerprint density at radius 3 is 2.67 bits per heavy atom. The first kappa shape index (κ1) is 9.02. The van der Waals surface area contributed by atoms with Crippen molar-refractivity contribution < 1.29 is 4.79 Å². The molecule has 0 spiro atoms. The Morgan fingerprint density at radius 2 is 2.22 bits per heavy atom. The highest BCUT2D eigenvalue weighted by atomic mass is 32.2. The molecule has 0 atom stereocenters. The van der Waals surface area contributed by atoms with Crippen LogP contribution in [-0.4, -0.2) is 17.8 Å². The molecule has 0 aromatic heterocycles. The summed E-state index contributed by atoms with van der Waals surface area (Å²) in [6.07, 6.45) is 4.92. The molecule has 0 unspecified atom stereocenters. The lowest BCUT2D eigenvalue weighted by atomic mass is 10.2. The molecule has 0 heterocycles. The summed E-state index contributed by atoms with van der Waals surface area (Å²) in [6, 6.07) is 0. The SMILES string of the molecule is CCCCC(=O)CSC. The molecule has 2 heteroatoms. The molecule has 9 heavy (non-hydrogen) atoms. The molecule has 0 bridgehead atoms. The molecule has 54 valence electrons. The first-order valence-corrected chi connectivity index (χ1v) is 4.71. The van der Waals surface area contributed by atoms with Crippen molar-refractivity contribution in [3.63, 3.8) is 0 Å². The molecule has 0 saturated heterocycles. The van der Waals surface area contributed by atoms with Crippen LogP contribution in [0.25, 0.3) is 0 Å². The maximum absolute atomic E-state index is 10.8. The van der Waals surface area contributed by atoms with Gasteiger partial charge >= 0.3 is 0 Å². The predicted octanol–water partition coefficient (Wildman–Crippen LogP) is 2.11. The summed E-state index contributed by atoms with van der Waals surface area (Å²) in [5.41, 5.74) is 0. The van der Waals surface area contributed by atoms with Gasteiger partial charge in [-0.05, 0) is 12.7 Å². The third-order valence-electron chi connectivity index (χ3n) is 1.11. The molecule has 0 N–H and O–H groups in total. The zero-order valence-corrected chi connectivity index (χ0v) is 6.96. The van der Waals surface area contributed by atoms with Crippen molar-refractivity contribution in [2.75, 3.05) is 12.0 Å². The number of ketones is 1. The molecule has 0 aliphatic carbocycles. The average molecular weight is 146 g/mol. The van der Waals surface area contributed by atoms with Gasteiger partial charge in [-0.25, -0.2) is 0 Å². The van der Waals surface area contributed by atoms with Gasteiger partial charge in [-0.15, -0.1) is 0 Å². The third-order valence-corrected chi connectivity index (χ3v) is 1.73. The number of rotatable bonds is 5. The number of unbranched alkanes of at least 4 members (excludes halogenated alkanes) is 1. The van der Waals surface area contributed by atoms with Gasteiger partial charge in [0.1, 0.15) is 5.78 Å². The fourth-order valence-electron chi connectivity index (χ4n) is 0.607. The topological polar surface area (TPSA) is 17.1 Å². The van der Waals surface area contributed by atoms with Gasteiger partial charge in [-0.1, -0.05) is 13.3 Å². The van der Waals surface area contributed by atoms with Crippen molar-refractivity contribution in [3.05, 3.63) is 0 Å². The second kappa shape index (κ2) is 6.14. The Labute approximate surface area is 61.2 Å². The van der Waals surface area contributed by atoms with E-state index in [2.05, 4.69) is 6.92 Å². The average Bonchev–Trinajstić information content (AvgIpc) is 1.85. The summed E-state index contributed by atoms with van der Waals surface area (Å²) in [7, 11) is 0. The minimum Gasteiger partial charge on any atom is -0.299 e. The zero-order chi connectivity index (χ0) is 7.11. The summed E-state index contributed by atoms with van der Waals surface area (Å²) < 4.78 is 0. The van der Waals surface area contributed by atoms with E-state index in [9.17, 15) is 4.79 Å². The van der Waals surface area contributed by atoms with Gasteiger partial charge in [-0.2, -0.15) is 11.8 Å². The Kier molecular flexibility index (Phi) is 6.16. The van der Waals surface area contributed by atoms with Gasteiger partial charge in [-0.3, -0.25) is 4.79 Å². The van der Waals surface area contributed by atoms with Crippen molar-refractivity contribution in [1.82, 2.24) is 0 Å². The Hall–Kier alpha value is 0.0200. The lowest BCUT2D eigenvalue weighted by Crippen LogP contribution is -1.99. The molecule has 0 aromatic carbocycles. The van der Waals surface area contributed by atoms with E-state index in [0.717, 1.165) is 19.3 Å². The van der Waals surface area contributed by atoms with Crippen LogP contribution in [0.1, 0.15) is 26.2 Å². The maximum Gasteiger partial charge on any atom is 0.142 e. The van der Waals surface area contributed by atoms with E-state index in [-0.39, 0.29) is 0 Å². The van der Waals surface area contributed by atoms with E-state index in [1.807, 2.05) is 6.26 Å². The minimum atomic E-state index is 0.393. The Morgan fingerprint density at radius 1 is 1.56 bits per heavy atom. The summed E-state index contributed by atoms with van der Waals surface area (Å²) in [6.45, 7) is 2.10. The number of hydrogen-bond donors (Lipinski definition) is 0. The largest absolute Gasteiger partial charge is 0.299 e. The fourth-order valence-corrected chi connectivity index (χ4v) is 1.07. The maximum atomic E-state index is 10.8. The van der Waals surface area contributed by atoms with E-state index < -0.39 is 0 Å². The monoisotopic (exact) mass is 146 g/mol. The van der Waals surface area contributed by atoms with E-state index >= 15 is 0 Å². The number of carbonyl (C=O) groups is 1. The normalized spacial score (nSPS) is 9.56. The van der Waals surface area contributed by atoms with Crippen LogP contribution in [0.2, 0.25) is 0 Å². The highest BCUT2D eigenvalue weighted by Crippen LogP contribution is 1.99. The highest BCUT2D eigenvalue weighted by Gasteiger charge is 1.97. The van der Waals surface area contributed by atoms with Gasteiger partial charge in [0.15, 0.2) is 0 Å². The van der Waals surface area contributed by atoms with Gasteiger partial charge in [0, 0.05) is 6.42 Å². The van der Waals surface area contributed by atoms with Crippen LogP contribution in [0.3, 0.4) is 0 Å². The van der Waals surface area contributed by atoms with Crippen LogP contribution in [0.15, 0.2) is 0 Å². The minimum absolute atomic E-state index is 0.393. The van der Waals surface area contributed by atoms with Crippen molar-refractivity contribution in [1.29, 1.82) is 0 Å². The Bertz CT molecular complexity index is 81.0. The lowest BCUT2D eigenvalue weighted by molar-refractivity contribution is -0.116. The van der Waals surface area contributed by atoms with Crippen molar-refractivity contribution in [2.45, 2.75) is 26.2 Å². The first-order valence-electron chi connectivity index (χ1n) is 3.32. The molecule has 0 aromatic rings. The second-order valence-electron chi connectivity index (χ2n) is 2.08. The van der Waals surface area contributed by atoms with Crippen LogP contribution < -0.4 is 0 Å². The van der Waals surface area contributed by atoms with Crippen LogP contribution >= 0.6 is 11.8 Å². The molecular formula is C7H14OS. The zero-order valence-electron chi connectivity index (χ0n) is 6.14. The van der Waals surface area contributed by atoms with Gasteiger partial charge in [0.25, 0.3) is 0 Å². The van der Waals surface area contributed by atoms with Crippen LogP contribution in [0.4, 0.5) is 0 Å². The summed E-state index contributed by atoms with van der Waals surface area (Å²) >= 11 is 1.61. The number of carbonyl (C=O) groups excluding carboxylic acids is 1. The van der Waals surface area contributed by atoms with Crippen LogP contribution in [-0.2, 0) is 4.79 Å². The van der Waals surface area contributed by atoms with Gasteiger partial charge < -0.3 is 0 Å². The van der Waals surface area contributed by atoms with E-state index in [4.69, 9.17) is 0 Å². The van der Waals surface area contributed by atoms with Crippen molar-refractivity contribution >= 4 is 17.5 Å². The standard InChI is InChI=1S/C7H14OS/c1-3-4-5-7(8)6-9-2/h3-6H2,1-2H3. The second-order valence-corrected chi connectivity index (χ2v) is 2.94.